The Morgan fingerprint density at radius 2 is 2.04 bits per heavy atom. The van der Waals surface area contributed by atoms with E-state index in [2.05, 4.69) is 20.9 Å². The Hall–Kier alpha value is -1.75. The van der Waals surface area contributed by atoms with E-state index in [4.69, 9.17) is 4.74 Å². The number of aromatic nitrogens is 1. The Morgan fingerprint density at radius 3 is 2.70 bits per heavy atom. The third-order valence-electron chi connectivity index (χ3n) is 4.10. The fourth-order valence-corrected chi connectivity index (χ4v) is 5.02. The van der Waals surface area contributed by atoms with Crippen molar-refractivity contribution in [2.45, 2.75) is 22.2 Å². The van der Waals surface area contributed by atoms with Crippen molar-refractivity contribution in [1.82, 2.24) is 4.98 Å². The second kappa shape index (κ2) is 5.71. The van der Waals surface area contributed by atoms with Crippen LogP contribution in [0.2, 0.25) is 0 Å². The van der Waals surface area contributed by atoms with E-state index >= 15 is 0 Å². The first-order valence-corrected chi connectivity index (χ1v) is 9.21. The van der Waals surface area contributed by atoms with Gasteiger partial charge in [0.2, 0.25) is 0 Å². The summed E-state index contributed by atoms with van der Waals surface area (Å²) in [5.74, 6) is 0. The molecule has 2 heterocycles. The summed E-state index contributed by atoms with van der Waals surface area (Å²) in [6.07, 6.45) is 0.00278. The number of hydrogen-bond acceptors (Lipinski definition) is 5. The molecule has 1 aromatic heterocycles. The highest BCUT2D eigenvalue weighted by molar-refractivity contribution is 9.10. The summed E-state index contributed by atoms with van der Waals surface area (Å²) in [5.41, 5.74) is 0.00287. The van der Waals surface area contributed by atoms with Crippen LogP contribution in [0.4, 0.5) is 0 Å². The molecule has 2 aromatic rings. The Kier molecular flexibility index (Phi) is 4.00. The summed E-state index contributed by atoms with van der Waals surface area (Å²) in [6, 6.07) is 13.9. The maximum Gasteiger partial charge on any atom is 0.195 e. The van der Waals surface area contributed by atoms with E-state index < -0.39 is 20.7 Å². The minimum Gasteiger partial charge on any atom is -0.367 e. The molecule has 0 bridgehead atoms. The van der Waals surface area contributed by atoms with E-state index in [1.807, 2.05) is 6.07 Å². The van der Waals surface area contributed by atoms with Gasteiger partial charge in [0.1, 0.15) is 10.2 Å². The normalized spacial score (nSPS) is 25.3. The topological polar surface area (TPSA) is 80.0 Å². The van der Waals surface area contributed by atoms with Crippen LogP contribution in [0, 0.1) is 11.3 Å². The van der Waals surface area contributed by atoms with E-state index in [1.165, 1.54) is 13.2 Å². The van der Waals surface area contributed by atoms with Gasteiger partial charge in [-0.25, -0.2) is 13.4 Å². The number of fused-ring (bicyclic) bond motifs is 1. The minimum absolute atomic E-state index is 0.00278. The number of nitrogens with zero attached hydrogens (tertiary/aromatic N) is 2. The molecule has 1 aromatic carbocycles. The van der Waals surface area contributed by atoms with Gasteiger partial charge in [-0.15, -0.1) is 0 Å². The molecular weight excluding hydrogens is 380 g/mol. The van der Waals surface area contributed by atoms with Gasteiger partial charge in [0.15, 0.2) is 15.1 Å². The van der Waals surface area contributed by atoms with Crippen LogP contribution in [-0.2, 0) is 20.2 Å². The average Bonchev–Trinajstić information content (AvgIpc) is 2.56. The predicted molar refractivity (Wildman–Crippen MR) is 87.4 cm³/mol. The molecule has 23 heavy (non-hydrogen) atoms. The summed E-state index contributed by atoms with van der Waals surface area (Å²) in [5, 5.41) is 8.18. The molecule has 0 saturated carbocycles. The number of sulfone groups is 1. The smallest absolute Gasteiger partial charge is 0.195 e. The molecule has 0 spiro atoms. The number of halogens is 1. The molecule has 7 heteroatoms. The Morgan fingerprint density at radius 1 is 1.30 bits per heavy atom. The van der Waals surface area contributed by atoms with Gasteiger partial charge in [0, 0.05) is 19.1 Å². The zero-order valence-electron chi connectivity index (χ0n) is 12.2. The molecule has 1 aliphatic rings. The summed E-state index contributed by atoms with van der Waals surface area (Å²) in [4.78, 5) is 4.57. The Bertz CT molecular complexity index is 908. The molecular formula is C16H13BrN2O3S. The number of nitriles is 1. The molecule has 0 N–H and O–H groups in total. The van der Waals surface area contributed by atoms with Gasteiger partial charge in [-0.3, -0.25) is 0 Å². The van der Waals surface area contributed by atoms with E-state index in [0.29, 0.717) is 15.9 Å². The van der Waals surface area contributed by atoms with Crippen LogP contribution >= 0.6 is 15.9 Å². The number of benzene rings is 1. The first kappa shape index (κ1) is 16.1. The number of rotatable bonds is 2. The van der Waals surface area contributed by atoms with Crippen molar-refractivity contribution >= 4 is 25.8 Å². The largest absolute Gasteiger partial charge is 0.367 e. The third-order valence-corrected chi connectivity index (χ3v) is 6.53. The van der Waals surface area contributed by atoms with Crippen molar-refractivity contribution in [3.05, 3.63) is 58.3 Å². The van der Waals surface area contributed by atoms with E-state index in [-0.39, 0.29) is 11.3 Å². The molecule has 0 amide bonds. The first-order valence-electron chi connectivity index (χ1n) is 6.87. The molecule has 3 rings (SSSR count). The lowest BCUT2D eigenvalue weighted by Crippen LogP contribution is -2.43. The van der Waals surface area contributed by atoms with Crippen LogP contribution in [-0.4, -0.2) is 25.8 Å². The monoisotopic (exact) mass is 392 g/mol. The number of ether oxygens (including phenoxy) is 1. The third kappa shape index (κ3) is 2.38. The lowest BCUT2D eigenvalue weighted by atomic mass is 9.84. The quantitative estimate of drug-likeness (QED) is 0.733. The van der Waals surface area contributed by atoms with E-state index in [9.17, 15) is 13.7 Å². The number of pyridine rings is 1. The van der Waals surface area contributed by atoms with Crippen molar-refractivity contribution < 1.29 is 13.2 Å². The van der Waals surface area contributed by atoms with E-state index in [1.54, 1.807) is 36.4 Å². The standard InChI is InChI=1S/C16H13BrN2O3S/c1-22-16(14-7-4-8-15(17)19-14)9-11(10-18)23(20,21)13-6-3-2-5-12(13)16/h2-8,11H,9H2,1H3. The van der Waals surface area contributed by atoms with Gasteiger partial charge in [-0.05, 0) is 34.1 Å². The van der Waals surface area contributed by atoms with Crippen LogP contribution in [0.3, 0.4) is 0 Å². The lowest BCUT2D eigenvalue weighted by Gasteiger charge is -2.38. The van der Waals surface area contributed by atoms with Crippen molar-refractivity contribution in [2.75, 3.05) is 7.11 Å². The van der Waals surface area contributed by atoms with Gasteiger partial charge in [-0.2, -0.15) is 5.26 Å². The van der Waals surface area contributed by atoms with E-state index in [0.717, 1.165) is 0 Å². The molecule has 5 nitrogen and oxygen atoms in total. The van der Waals surface area contributed by atoms with Crippen LogP contribution < -0.4 is 0 Å². The first-order chi connectivity index (χ1) is 11.0. The fourth-order valence-electron chi connectivity index (χ4n) is 2.97. The maximum atomic E-state index is 12.6. The summed E-state index contributed by atoms with van der Waals surface area (Å²) >= 11 is 3.33. The van der Waals surface area contributed by atoms with Gasteiger partial charge in [0.25, 0.3) is 0 Å². The highest BCUT2D eigenvalue weighted by Gasteiger charge is 2.50. The second-order valence-corrected chi connectivity index (χ2v) is 8.15. The molecule has 0 saturated heterocycles. The Labute approximate surface area is 143 Å². The van der Waals surface area contributed by atoms with Crippen LogP contribution in [0.15, 0.2) is 52.0 Å². The Balaban J connectivity index is 2.36. The van der Waals surface area contributed by atoms with Crippen LogP contribution in [0.5, 0.6) is 0 Å². The molecule has 2 unspecified atom stereocenters. The molecule has 1 aliphatic heterocycles. The van der Waals surface area contributed by atoms with Crippen molar-refractivity contribution in [2.24, 2.45) is 0 Å². The van der Waals surface area contributed by atoms with Crippen molar-refractivity contribution in [3.63, 3.8) is 0 Å². The second-order valence-electron chi connectivity index (χ2n) is 5.24. The van der Waals surface area contributed by atoms with Crippen LogP contribution in [0.1, 0.15) is 17.7 Å². The molecule has 0 radical (unpaired) electrons. The highest BCUT2D eigenvalue weighted by atomic mass is 79.9. The molecule has 0 aliphatic carbocycles. The molecule has 2 atom stereocenters. The van der Waals surface area contributed by atoms with Crippen LogP contribution in [0.25, 0.3) is 0 Å². The zero-order chi connectivity index (χ0) is 16.7. The number of methoxy groups -OCH3 is 1. The summed E-state index contributed by atoms with van der Waals surface area (Å²) < 4.78 is 31.6. The van der Waals surface area contributed by atoms with Gasteiger partial charge < -0.3 is 4.74 Å². The maximum absolute atomic E-state index is 12.6. The average molecular weight is 393 g/mol. The zero-order valence-corrected chi connectivity index (χ0v) is 14.6. The van der Waals surface area contributed by atoms with Gasteiger partial charge in [-0.1, -0.05) is 24.3 Å². The highest BCUT2D eigenvalue weighted by Crippen LogP contribution is 2.46. The molecule has 118 valence electrons. The van der Waals surface area contributed by atoms with Gasteiger partial charge in [0.05, 0.1) is 16.7 Å². The fraction of sp³-hybridized carbons (Fsp3) is 0.250. The summed E-state index contributed by atoms with van der Waals surface area (Å²) in [7, 11) is -2.21. The van der Waals surface area contributed by atoms with Crippen molar-refractivity contribution in [1.29, 1.82) is 5.26 Å². The summed E-state index contributed by atoms with van der Waals surface area (Å²) in [6.45, 7) is 0. The van der Waals surface area contributed by atoms with Crippen molar-refractivity contribution in [3.8, 4) is 6.07 Å². The minimum atomic E-state index is -3.71. The van der Waals surface area contributed by atoms with Gasteiger partial charge >= 0.3 is 0 Å². The number of hydrogen-bond donors (Lipinski definition) is 0. The molecule has 0 fully saturated rings. The SMILES string of the molecule is COC1(c2cccc(Br)n2)CC(C#N)S(=O)(=O)c2ccccc21. The predicted octanol–water partition coefficient (Wildman–Crippen LogP) is 2.80. The lowest BCUT2D eigenvalue weighted by molar-refractivity contribution is 0.00790.